The lowest BCUT2D eigenvalue weighted by Crippen LogP contribution is -2.34. The van der Waals surface area contributed by atoms with E-state index in [1.807, 2.05) is 0 Å². The molecule has 0 spiro atoms. The second-order valence-corrected chi connectivity index (χ2v) is 9.71. The molecule has 0 aliphatic heterocycles. The molecule has 0 saturated heterocycles. The maximum absolute atomic E-state index is 12.4. The van der Waals surface area contributed by atoms with Gasteiger partial charge in [0, 0.05) is 11.6 Å². The minimum Gasteiger partial charge on any atom is -0.507 e. The molecule has 0 aliphatic carbocycles. The Morgan fingerprint density at radius 2 is 1.83 bits per heavy atom. The number of aliphatic carboxylic acids is 1. The van der Waals surface area contributed by atoms with Crippen LogP contribution in [0.15, 0.2) is 39.3 Å². The van der Waals surface area contributed by atoms with Gasteiger partial charge in [0.05, 0.1) is 20.9 Å². The summed E-state index contributed by atoms with van der Waals surface area (Å²) in [5.74, 6) is -1.14. The molecule has 2 atom stereocenters. The molecule has 2 unspecified atom stereocenters. The van der Waals surface area contributed by atoms with Crippen LogP contribution in [0.5, 0.6) is 17.2 Å². The summed E-state index contributed by atoms with van der Waals surface area (Å²) in [6.45, 7) is 3.21. The van der Waals surface area contributed by atoms with Crippen molar-refractivity contribution in [1.82, 2.24) is 5.32 Å². The monoisotopic (exact) mass is 546 g/mol. The Hall–Kier alpha value is -1.96. The van der Waals surface area contributed by atoms with Crippen molar-refractivity contribution in [3.05, 3.63) is 50.4 Å². The molecule has 0 saturated carbocycles. The number of carbonyl (C=O) groups is 2. The second kappa shape index (κ2) is 10.2. The first kappa shape index (κ1) is 23.3. The van der Waals surface area contributed by atoms with E-state index < -0.39 is 25.7 Å². The zero-order chi connectivity index (χ0) is 21.7. The molecule has 0 fully saturated rings. The van der Waals surface area contributed by atoms with Gasteiger partial charge in [-0.25, -0.2) is 0 Å². The summed E-state index contributed by atoms with van der Waals surface area (Å²) in [6.07, 6.45) is 0.198. The molecule has 0 radical (unpaired) electrons. The van der Waals surface area contributed by atoms with Gasteiger partial charge in [-0.05, 0) is 69.1 Å². The first-order chi connectivity index (χ1) is 13.6. The van der Waals surface area contributed by atoms with Crippen molar-refractivity contribution in [3.8, 4) is 17.2 Å². The molecule has 29 heavy (non-hydrogen) atoms. The Balaban J connectivity index is 2.25. The quantitative estimate of drug-likeness (QED) is 0.388. The number of aromatic hydroxyl groups is 1. The van der Waals surface area contributed by atoms with Crippen LogP contribution in [0.4, 0.5) is 0 Å². The third kappa shape index (κ3) is 6.80. The lowest BCUT2D eigenvalue weighted by atomic mass is 10.1. The van der Waals surface area contributed by atoms with E-state index in [1.165, 1.54) is 18.2 Å². The number of rotatable bonds is 8. The van der Waals surface area contributed by atoms with Crippen LogP contribution in [0, 0.1) is 0 Å². The Morgan fingerprint density at radius 1 is 1.21 bits per heavy atom. The van der Waals surface area contributed by atoms with Crippen LogP contribution in [0.1, 0.15) is 29.3 Å². The first-order valence-electron chi connectivity index (χ1n) is 8.46. The molecule has 0 bridgehead atoms. The van der Waals surface area contributed by atoms with E-state index in [9.17, 15) is 19.3 Å². The van der Waals surface area contributed by atoms with E-state index >= 15 is 0 Å². The van der Waals surface area contributed by atoms with E-state index in [2.05, 4.69) is 37.2 Å². The fourth-order valence-electron chi connectivity index (χ4n) is 2.55. The van der Waals surface area contributed by atoms with E-state index in [1.54, 1.807) is 25.7 Å². The third-order valence-corrected chi connectivity index (χ3v) is 5.74. The lowest BCUT2D eigenvalue weighted by molar-refractivity contribution is -0.137. The van der Waals surface area contributed by atoms with Crippen molar-refractivity contribution in [1.29, 1.82) is 0 Å². The van der Waals surface area contributed by atoms with Gasteiger partial charge in [0.15, 0.2) is 11.9 Å². The summed E-state index contributed by atoms with van der Waals surface area (Å²) in [7, 11) is -1.33. The highest BCUT2D eigenvalue weighted by atomic mass is 79.9. The van der Waals surface area contributed by atoms with Crippen molar-refractivity contribution in [2.45, 2.75) is 25.5 Å². The zero-order valence-corrected chi connectivity index (χ0v) is 19.7. The number of ether oxygens (including phenoxy) is 1. The number of phenols is 1. The number of amides is 1. The fourth-order valence-corrected chi connectivity index (χ4v) is 4.69. The van der Waals surface area contributed by atoms with Crippen molar-refractivity contribution in [2.75, 3.05) is 6.66 Å². The van der Waals surface area contributed by atoms with Gasteiger partial charge in [0.2, 0.25) is 0 Å². The van der Waals surface area contributed by atoms with Crippen LogP contribution in [0.25, 0.3) is 0 Å². The summed E-state index contributed by atoms with van der Waals surface area (Å²) in [6, 6.07) is 7.20. The lowest BCUT2D eigenvalue weighted by Gasteiger charge is -2.14. The van der Waals surface area contributed by atoms with Crippen LogP contribution in [-0.2, 0) is 15.5 Å². The topological polar surface area (TPSA) is 113 Å². The number of carboxylic acid groups (broad SMARTS) is 1. The fraction of sp³-hybridized carbons (Fsp3) is 0.263. The summed E-state index contributed by atoms with van der Waals surface area (Å²) < 4.78 is 18.6. The molecule has 2 aromatic rings. The van der Waals surface area contributed by atoms with Gasteiger partial charge in [-0.15, -0.1) is 0 Å². The Kier molecular flexibility index (Phi) is 8.19. The number of carboxylic acids is 1. The molecule has 0 aromatic heterocycles. The summed E-state index contributed by atoms with van der Waals surface area (Å²) >= 11 is 6.86. The van der Waals surface area contributed by atoms with Gasteiger partial charge in [-0.1, -0.05) is 4.57 Å². The molecule has 7 nitrogen and oxygen atoms in total. The normalized spacial score (nSPS) is 12.2. The van der Waals surface area contributed by atoms with Crippen molar-refractivity contribution < 1.29 is 29.1 Å². The van der Waals surface area contributed by atoms with Crippen LogP contribution in [0.2, 0.25) is 0 Å². The van der Waals surface area contributed by atoms with Crippen molar-refractivity contribution in [2.24, 2.45) is 0 Å². The van der Waals surface area contributed by atoms with E-state index in [0.717, 1.165) is 5.56 Å². The summed E-state index contributed by atoms with van der Waals surface area (Å²) in [5, 5.41) is 21.3. The average molecular weight is 548 g/mol. The third-order valence-electron chi connectivity index (χ3n) is 3.75. The molecule has 0 aliphatic rings. The Labute approximate surface area is 185 Å². The van der Waals surface area contributed by atoms with Gasteiger partial charge in [0.1, 0.15) is 18.2 Å². The van der Waals surface area contributed by atoms with Crippen LogP contribution < -0.4 is 10.1 Å². The van der Waals surface area contributed by atoms with Crippen LogP contribution >= 0.6 is 39.7 Å². The minimum absolute atomic E-state index is 0.0356. The minimum atomic E-state index is -1.33. The van der Waals surface area contributed by atoms with Crippen LogP contribution in [-0.4, -0.2) is 34.8 Å². The summed E-state index contributed by atoms with van der Waals surface area (Å²) in [4.78, 5) is 23.1. The van der Waals surface area contributed by atoms with Gasteiger partial charge < -0.3 is 20.3 Å². The molecular formula is C19H19Br2NO6P+. The average Bonchev–Trinajstić information content (AvgIpc) is 2.58. The Morgan fingerprint density at radius 3 is 2.38 bits per heavy atom. The number of hydrogen-bond acceptors (Lipinski definition) is 5. The number of carbonyl (C=O) groups excluding carboxylic acids is 1. The molecule has 154 valence electrons. The van der Waals surface area contributed by atoms with Crippen LogP contribution in [0.3, 0.4) is 0 Å². The molecular weight excluding hydrogens is 529 g/mol. The number of nitrogens with one attached hydrogen (secondary N) is 1. The maximum Gasteiger partial charge on any atom is 0.340 e. The van der Waals surface area contributed by atoms with E-state index in [0.29, 0.717) is 26.6 Å². The predicted octanol–water partition coefficient (Wildman–Crippen LogP) is 5.26. The first-order valence-corrected chi connectivity index (χ1v) is 11.9. The molecule has 1 amide bonds. The second-order valence-electron chi connectivity index (χ2n) is 6.43. The highest BCUT2D eigenvalue weighted by Crippen LogP contribution is 2.40. The molecule has 2 aromatic carbocycles. The predicted molar refractivity (Wildman–Crippen MR) is 116 cm³/mol. The van der Waals surface area contributed by atoms with Gasteiger partial charge >= 0.3 is 13.8 Å². The smallest absolute Gasteiger partial charge is 0.340 e. The van der Waals surface area contributed by atoms with Gasteiger partial charge in [-0.3, -0.25) is 9.59 Å². The molecule has 10 heteroatoms. The number of hydrogen-bond donors (Lipinski definition) is 3. The maximum atomic E-state index is 12.4. The highest BCUT2D eigenvalue weighted by Gasteiger charge is 2.19. The highest BCUT2D eigenvalue weighted by molar-refractivity contribution is 9.11. The van der Waals surface area contributed by atoms with E-state index in [4.69, 9.17) is 9.84 Å². The van der Waals surface area contributed by atoms with E-state index in [-0.39, 0.29) is 17.7 Å². The number of benzene rings is 2. The van der Waals surface area contributed by atoms with Gasteiger partial charge in [0.25, 0.3) is 5.91 Å². The molecule has 2 rings (SSSR count). The summed E-state index contributed by atoms with van der Waals surface area (Å²) in [5.41, 5.74) is 0.837. The number of phenolic OH excluding ortho intramolecular Hbond substituents is 1. The standard InChI is InChI=1S/C19H18Br2NO6P/c1-10(5-17(24)25)22-19(26)13-8-12(3-4-16(13)23)28-18-14(20)6-11(7-15(18)21)9-29(2)27/h3-4,6-8,10H,5,9H2,1-2H3,(H2-,22,23,24,25,26)/p+1. The van der Waals surface area contributed by atoms with Crippen molar-refractivity contribution >= 4 is 51.5 Å². The number of halogens is 2. The van der Waals surface area contributed by atoms with Crippen molar-refractivity contribution in [3.63, 3.8) is 0 Å². The SMILES string of the molecule is CC(CC(=O)O)NC(=O)c1cc(Oc2c(Br)cc(C[P+](C)=O)cc2Br)ccc1O. The Bertz CT molecular complexity index is 943. The molecule has 0 heterocycles. The van der Waals surface area contributed by atoms with Gasteiger partial charge in [-0.2, -0.15) is 0 Å². The molecule has 3 N–H and O–H groups in total. The largest absolute Gasteiger partial charge is 0.507 e. The zero-order valence-electron chi connectivity index (χ0n) is 15.6.